The summed E-state index contributed by atoms with van der Waals surface area (Å²) in [5, 5.41) is 10.7. The zero-order chi connectivity index (χ0) is 13.2. The minimum Gasteiger partial charge on any atom is -0.379 e. The molecule has 19 heavy (non-hydrogen) atoms. The van der Waals surface area contributed by atoms with Gasteiger partial charge in [-0.1, -0.05) is 0 Å². The SMILES string of the molecule is CO[C@@H]1CN(c2ncncc2Br)C[C@H]1c1cn[nH]n1. The van der Waals surface area contributed by atoms with Crippen molar-refractivity contribution in [2.75, 3.05) is 25.1 Å². The Morgan fingerprint density at radius 3 is 3.00 bits per heavy atom. The summed E-state index contributed by atoms with van der Waals surface area (Å²) in [4.78, 5) is 10.5. The predicted octanol–water partition coefficient (Wildman–Crippen LogP) is 0.976. The number of halogens is 1. The zero-order valence-corrected chi connectivity index (χ0v) is 11.9. The van der Waals surface area contributed by atoms with E-state index in [-0.39, 0.29) is 12.0 Å². The maximum atomic E-state index is 5.56. The third kappa shape index (κ3) is 2.33. The van der Waals surface area contributed by atoms with Crippen LogP contribution in [0.4, 0.5) is 5.82 Å². The average molecular weight is 325 g/mol. The lowest BCUT2D eigenvalue weighted by Crippen LogP contribution is -2.23. The van der Waals surface area contributed by atoms with Gasteiger partial charge in [0.05, 0.1) is 28.4 Å². The van der Waals surface area contributed by atoms with Crippen LogP contribution in [0.25, 0.3) is 0 Å². The number of nitrogens with one attached hydrogen (secondary N) is 1. The number of H-pyrrole nitrogens is 1. The number of nitrogens with zero attached hydrogens (tertiary/aromatic N) is 5. The fraction of sp³-hybridized carbons (Fsp3) is 0.455. The van der Waals surface area contributed by atoms with E-state index in [0.29, 0.717) is 0 Å². The van der Waals surface area contributed by atoms with Crippen molar-refractivity contribution in [3.05, 3.63) is 28.9 Å². The molecule has 3 rings (SSSR count). The summed E-state index contributed by atoms with van der Waals surface area (Å²) in [7, 11) is 1.72. The van der Waals surface area contributed by atoms with Crippen molar-refractivity contribution in [1.82, 2.24) is 25.4 Å². The Bertz CT molecular complexity index is 548. The summed E-state index contributed by atoms with van der Waals surface area (Å²) in [6, 6.07) is 0. The molecule has 0 amide bonds. The normalized spacial score (nSPS) is 22.9. The number of ether oxygens (including phenoxy) is 1. The van der Waals surface area contributed by atoms with Crippen LogP contribution in [0.15, 0.2) is 23.2 Å². The molecule has 2 aromatic heterocycles. The smallest absolute Gasteiger partial charge is 0.146 e. The van der Waals surface area contributed by atoms with Crippen LogP contribution in [-0.2, 0) is 4.74 Å². The summed E-state index contributed by atoms with van der Waals surface area (Å²) in [6.45, 7) is 1.56. The number of aromatic nitrogens is 5. The second kappa shape index (κ2) is 5.22. The fourth-order valence-electron chi connectivity index (χ4n) is 2.40. The molecule has 8 heteroatoms. The van der Waals surface area contributed by atoms with Gasteiger partial charge in [-0.3, -0.25) is 0 Å². The van der Waals surface area contributed by atoms with E-state index in [9.17, 15) is 0 Å². The van der Waals surface area contributed by atoms with E-state index < -0.39 is 0 Å². The summed E-state index contributed by atoms with van der Waals surface area (Å²) >= 11 is 3.48. The van der Waals surface area contributed by atoms with E-state index >= 15 is 0 Å². The molecule has 1 aliphatic rings. The molecule has 3 heterocycles. The van der Waals surface area contributed by atoms with Crippen molar-refractivity contribution in [3.8, 4) is 0 Å². The van der Waals surface area contributed by atoms with Crippen molar-refractivity contribution in [2.24, 2.45) is 0 Å². The molecule has 7 nitrogen and oxygen atoms in total. The first kappa shape index (κ1) is 12.5. The van der Waals surface area contributed by atoms with Gasteiger partial charge < -0.3 is 9.64 Å². The average Bonchev–Trinajstić information content (AvgIpc) is 3.08. The number of methoxy groups -OCH3 is 1. The summed E-state index contributed by atoms with van der Waals surface area (Å²) in [5.41, 5.74) is 0.916. The lowest BCUT2D eigenvalue weighted by Gasteiger charge is -2.17. The minimum atomic E-state index is 0.0759. The highest BCUT2D eigenvalue weighted by molar-refractivity contribution is 9.10. The van der Waals surface area contributed by atoms with Crippen LogP contribution in [0.1, 0.15) is 11.6 Å². The largest absolute Gasteiger partial charge is 0.379 e. The van der Waals surface area contributed by atoms with E-state index in [1.807, 2.05) is 0 Å². The Morgan fingerprint density at radius 1 is 1.42 bits per heavy atom. The van der Waals surface area contributed by atoms with E-state index in [0.717, 1.165) is 29.1 Å². The van der Waals surface area contributed by atoms with Crippen molar-refractivity contribution >= 4 is 21.7 Å². The molecule has 2 atom stereocenters. The second-order valence-corrected chi connectivity index (χ2v) is 5.23. The third-order valence-electron chi connectivity index (χ3n) is 3.33. The lowest BCUT2D eigenvalue weighted by atomic mass is 10.0. The maximum absolute atomic E-state index is 5.56. The van der Waals surface area contributed by atoms with Crippen molar-refractivity contribution < 1.29 is 4.74 Å². The predicted molar refractivity (Wildman–Crippen MR) is 71.9 cm³/mol. The monoisotopic (exact) mass is 324 g/mol. The van der Waals surface area contributed by atoms with E-state index in [2.05, 4.69) is 46.2 Å². The van der Waals surface area contributed by atoms with E-state index in [4.69, 9.17) is 4.74 Å². The molecular weight excluding hydrogens is 312 g/mol. The van der Waals surface area contributed by atoms with Crippen LogP contribution < -0.4 is 4.90 Å². The highest BCUT2D eigenvalue weighted by atomic mass is 79.9. The van der Waals surface area contributed by atoms with Gasteiger partial charge in [0, 0.05) is 26.4 Å². The first-order chi connectivity index (χ1) is 9.29. The van der Waals surface area contributed by atoms with Gasteiger partial charge in [0.25, 0.3) is 0 Å². The van der Waals surface area contributed by atoms with Crippen LogP contribution in [0.3, 0.4) is 0 Å². The minimum absolute atomic E-state index is 0.0759. The van der Waals surface area contributed by atoms with Gasteiger partial charge in [0.2, 0.25) is 0 Å². The fourth-order valence-corrected chi connectivity index (χ4v) is 2.87. The highest BCUT2D eigenvalue weighted by Crippen LogP contribution is 2.33. The van der Waals surface area contributed by atoms with Gasteiger partial charge in [-0.15, -0.1) is 0 Å². The van der Waals surface area contributed by atoms with Crippen molar-refractivity contribution in [3.63, 3.8) is 0 Å². The molecule has 0 aromatic carbocycles. The van der Waals surface area contributed by atoms with Crippen LogP contribution in [0.2, 0.25) is 0 Å². The van der Waals surface area contributed by atoms with Gasteiger partial charge >= 0.3 is 0 Å². The molecule has 0 bridgehead atoms. The molecule has 0 unspecified atom stereocenters. The van der Waals surface area contributed by atoms with Gasteiger partial charge in [-0.25, -0.2) is 9.97 Å². The van der Waals surface area contributed by atoms with Gasteiger partial charge in [-0.05, 0) is 15.9 Å². The van der Waals surface area contributed by atoms with Crippen LogP contribution in [-0.4, -0.2) is 51.7 Å². The molecular formula is C11H13BrN6O. The van der Waals surface area contributed by atoms with Crippen LogP contribution in [0, 0.1) is 0 Å². The number of hydrogen-bond acceptors (Lipinski definition) is 6. The molecule has 0 saturated carbocycles. The lowest BCUT2D eigenvalue weighted by molar-refractivity contribution is 0.105. The molecule has 1 aliphatic heterocycles. The molecule has 1 saturated heterocycles. The highest BCUT2D eigenvalue weighted by Gasteiger charge is 2.36. The first-order valence-electron chi connectivity index (χ1n) is 5.88. The topological polar surface area (TPSA) is 79.8 Å². The summed E-state index contributed by atoms with van der Waals surface area (Å²) < 4.78 is 6.44. The van der Waals surface area contributed by atoms with Crippen molar-refractivity contribution in [2.45, 2.75) is 12.0 Å². The number of rotatable bonds is 3. The molecule has 1 fully saturated rings. The van der Waals surface area contributed by atoms with Gasteiger partial charge in [0.15, 0.2) is 0 Å². The molecule has 100 valence electrons. The van der Waals surface area contributed by atoms with Crippen molar-refractivity contribution in [1.29, 1.82) is 0 Å². The van der Waals surface area contributed by atoms with E-state index in [1.165, 1.54) is 0 Å². The maximum Gasteiger partial charge on any atom is 0.146 e. The Labute approximate surface area is 118 Å². The quantitative estimate of drug-likeness (QED) is 0.906. The molecule has 0 spiro atoms. The summed E-state index contributed by atoms with van der Waals surface area (Å²) in [6.07, 6.45) is 5.11. The molecule has 0 aliphatic carbocycles. The Morgan fingerprint density at radius 2 is 2.32 bits per heavy atom. The Hall–Kier alpha value is -1.54. The molecule has 0 radical (unpaired) electrons. The van der Waals surface area contributed by atoms with E-state index in [1.54, 1.807) is 25.8 Å². The Balaban J connectivity index is 1.86. The molecule has 2 aromatic rings. The number of aromatic amines is 1. The molecule has 1 N–H and O–H groups in total. The van der Waals surface area contributed by atoms with Gasteiger partial charge in [0.1, 0.15) is 12.1 Å². The number of hydrogen-bond donors (Lipinski definition) is 1. The van der Waals surface area contributed by atoms with Crippen LogP contribution >= 0.6 is 15.9 Å². The van der Waals surface area contributed by atoms with Gasteiger partial charge in [-0.2, -0.15) is 15.4 Å². The Kier molecular flexibility index (Phi) is 3.43. The first-order valence-corrected chi connectivity index (χ1v) is 6.68. The second-order valence-electron chi connectivity index (χ2n) is 4.37. The number of anilines is 1. The van der Waals surface area contributed by atoms with Crippen LogP contribution in [0.5, 0.6) is 0 Å². The standard InChI is InChI=1S/C11H13BrN6O/c1-19-10-5-18(11-8(12)2-13-6-14-11)4-7(10)9-3-15-17-16-9/h2-3,6-7,10H,4-5H2,1H3,(H,15,16,17)/t7-,10+/m0/s1. The third-order valence-corrected chi connectivity index (χ3v) is 3.89. The summed E-state index contributed by atoms with van der Waals surface area (Å²) in [5.74, 6) is 1.06. The zero-order valence-electron chi connectivity index (χ0n) is 10.3.